The van der Waals surface area contributed by atoms with Crippen molar-refractivity contribution in [2.45, 2.75) is 51.7 Å². The van der Waals surface area contributed by atoms with E-state index in [4.69, 9.17) is 18.9 Å². The van der Waals surface area contributed by atoms with Crippen molar-refractivity contribution in [1.29, 1.82) is 0 Å². The van der Waals surface area contributed by atoms with E-state index in [1.54, 1.807) is 24.3 Å². The molecule has 1 amide bonds. The highest BCUT2D eigenvalue weighted by atomic mass is 16.6. The quantitative estimate of drug-likeness (QED) is 0.515. The number of methoxy groups -OCH3 is 1. The Balaban J connectivity index is 1.72. The van der Waals surface area contributed by atoms with Crippen LogP contribution in [0.5, 0.6) is 11.5 Å². The van der Waals surface area contributed by atoms with Crippen LogP contribution in [-0.4, -0.2) is 44.4 Å². The minimum atomic E-state index is -0.954. The lowest BCUT2D eigenvalue weighted by atomic mass is 9.90. The summed E-state index contributed by atoms with van der Waals surface area (Å²) in [6.07, 6.45) is 2.77. The Morgan fingerprint density at radius 3 is 2.52 bits per heavy atom. The number of nitrogens with one attached hydrogen (secondary N) is 1. The van der Waals surface area contributed by atoms with Crippen molar-refractivity contribution in [3.63, 3.8) is 0 Å². The van der Waals surface area contributed by atoms with Gasteiger partial charge >= 0.3 is 5.97 Å². The van der Waals surface area contributed by atoms with E-state index in [2.05, 4.69) is 5.32 Å². The summed E-state index contributed by atoms with van der Waals surface area (Å²) in [7, 11) is 1.38. The van der Waals surface area contributed by atoms with Crippen LogP contribution in [0.25, 0.3) is 0 Å². The molecule has 0 bridgehead atoms. The topological polar surface area (TPSA) is 83.1 Å². The van der Waals surface area contributed by atoms with Crippen LogP contribution in [0, 0.1) is 0 Å². The zero-order valence-corrected chi connectivity index (χ0v) is 19.6. The molecule has 1 atom stereocenters. The maximum atomic E-state index is 12.7. The summed E-state index contributed by atoms with van der Waals surface area (Å²) in [6, 6.07) is 12.8. The van der Waals surface area contributed by atoms with E-state index in [9.17, 15) is 9.59 Å². The molecule has 0 aliphatic carbocycles. The smallest absolute Gasteiger partial charge is 0.338 e. The third-order valence-corrected chi connectivity index (χ3v) is 5.60. The fourth-order valence-corrected chi connectivity index (χ4v) is 3.96. The van der Waals surface area contributed by atoms with E-state index in [-0.39, 0.29) is 11.9 Å². The van der Waals surface area contributed by atoms with E-state index in [0.717, 1.165) is 29.7 Å². The largest absolute Gasteiger partial charge is 0.494 e. The maximum Gasteiger partial charge on any atom is 0.338 e. The van der Waals surface area contributed by atoms with Crippen molar-refractivity contribution in [3.8, 4) is 11.5 Å². The SMILES string of the molecule is CCCOc1ccc(C(=O)NCc2cc(CC3(C(=O)OC)CCCO3)ccc2OCC)cc1. The van der Waals surface area contributed by atoms with Crippen molar-refractivity contribution in [2.75, 3.05) is 26.9 Å². The highest BCUT2D eigenvalue weighted by Crippen LogP contribution is 2.32. The highest BCUT2D eigenvalue weighted by molar-refractivity contribution is 5.94. The van der Waals surface area contributed by atoms with Crippen molar-refractivity contribution >= 4 is 11.9 Å². The van der Waals surface area contributed by atoms with Gasteiger partial charge in [-0.3, -0.25) is 4.79 Å². The molecule has 2 aromatic carbocycles. The Morgan fingerprint density at radius 1 is 1.09 bits per heavy atom. The Kier molecular flexibility index (Phi) is 8.72. The lowest BCUT2D eigenvalue weighted by Crippen LogP contribution is -2.41. The molecule has 0 saturated carbocycles. The molecule has 0 spiro atoms. The molecular weight excluding hydrogens is 422 g/mol. The lowest BCUT2D eigenvalue weighted by Gasteiger charge is -2.25. The molecule has 178 valence electrons. The van der Waals surface area contributed by atoms with Gasteiger partial charge in [-0.1, -0.05) is 19.1 Å². The second-order valence-corrected chi connectivity index (χ2v) is 8.05. The molecule has 1 N–H and O–H groups in total. The van der Waals surface area contributed by atoms with Crippen LogP contribution in [0.2, 0.25) is 0 Å². The van der Waals surface area contributed by atoms with Gasteiger partial charge in [0.05, 0.1) is 20.3 Å². The molecule has 1 aliphatic heterocycles. The van der Waals surface area contributed by atoms with Gasteiger partial charge in [-0.2, -0.15) is 0 Å². The number of rotatable bonds is 11. The van der Waals surface area contributed by atoms with E-state index in [1.807, 2.05) is 32.0 Å². The van der Waals surface area contributed by atoms with E-state index >= 15 is 0 Å². The number of esters is 1. The minimum absolute atomic E-state index is 0.185. The number of carbonyl (C=O) groups excluding carboxylic acids is 2. The van der Waals surface area contributed by atoms with Crippen molar-refractivity contribution < 1.29 is 28.5 Å². The molecule has 1 unspecified atom stereocenters. The van der Waals surface area contributed by atoms with Gasteiger partial charge in [-0.25, -0.2) is 4.79 Å². The molecule has 2 aromatic rings. The molecule has 7 nitrogen and oxygen atoms in total. The minimum Gasteiger partial charge on any atom is -0.494 e. The molecule has 1 heterocycles. The van der Waals surface area contributed by atoms with Crippen molar-refractivity contribution in [3.05, 3.63) is 59.2 Å². The standard InChI is InChI=1S/C26H33NO6/c1-4-14-32-22-10-8-20(9-11-22)24(28)27-18-21-16-19(7-12-23(21)31-5-2)17-26(25(29)30-3)13-6-15-33-26/h7-12,16H,4-6,13-15,17-18H2,1-3H3,(H,27,28). The van der Waals surface area contributed by atoms with E-state index in [1.165, 1.54) is 7.11 Å². The number of carbonyl (C=O) groups is 2. The molecule has 1 aliphatic rings. The Hall–Kier alpha value is -3.06. The second kappa shape index (κ2) is 11.7. The Morgan fingerprint density at radius 2 is 1.88 bits per heavy atom. The van der Waals surface area contributed by atoms with Crippen molar-refractivity contribution in [1.82, 2.24) is 5.32 Å². The number of hydrogen-bond donors (Lipinski definition) is 1. The molecule has 1 saturated heterocycles. The van der Waals surface area contributed by atoms with Crippen LogP contribution in [0.1, 0.15) is 54.6 Å². The molecule has 1 fully saturated rings. The third-order valence-electron chi connectivity index (χ3n) is 5.60. The predicted molar refractivity (Wildman–Crippen MR) is 125 cm³/mol. The molecule has 33 heavy (non-hydrogen) atoms. The first-order valence-electron chi connectivity index (χ1n) is 11.5. The van der Waals surface area contributed by atoms with Crippen LogP contribution in [-0.2, 0) is 27.2 Å². The fourth-order valence-electron chi connectivity index (χ4n) is 3.96. The first-order chi connectivity index (χ1) is 16.0. The first-order valence-corrected chi connectivity index (χ1v) is 11.5. The summed E-state index contributed by atoms with van der Waals surface area (Å²) in [5, 5.41) is 2.96. The number of ether oxygens (including phenoxy) is 4. The predicted octanol–water partition coefficient (Wildman–Crippen LogP) is 4.07. The summed E-state index contributed by atoms with van der Waals surface area (Å²) in [5.74, 6) is 0.905. The number of benzene rings is 2. The van der Waals surface area contributed by atoms with Gasteiger partial charge in [0.15, 0.2) is 5.60 Å². The number of amides is 1. The Bertz CT molecular complexity index is 934. The van der Waals surface area contributed by atoms with E-state index in [0.29, 0.717) is 50.5 Å². The van der Waals surface area contributed by atoms with Crippen LogP contribution in [0.4, 0.5) is 0 Å². The van der Waals surface area contributed by atoms with Gasteiger partial charge in [-0.05, 0) is 62.1 Å². The van der Waals surface area contributed by atoms with Gasteiger partial charge < -0.3 is 24.3 Å². The molecule has 0 radical (unpaired) electrons. The summed E-state index contributed by atoms with van der Waals surface area (Å²) < 4.78 is 22.2. The van der Waals surface area contributed by atoms with Crippen LogP contribution in [0.3, 0.4) is 0 Å². The molecule has 3 rings (SSSR count). The zero-order chi connectivity index (χ0) is 23.7. The fraction of sp³-hybridized carbons (Fsp3) is 0.462. The van der Waals surface area contributed by atoms with Crippen LogP contribution in [0.15, 0.2) is 42.5 Å². The zero-order valence-electron chi connectivity index (χ0n) is 19.6. The molecular formula is C26H33NO6. The van der Waals surface area contributed by atoms with Gasteiger partial charge in [0, 0.05) is 30.7 Å². The van der Waals surface area contributed by atoms with Crippen molar-refractivity contribution in [2.24, 2.45) is 0 Å². The number of hydrogen-bond acceptors (Lipinski definition) is 6. The Labute approximate surface area is 195 Å². The summed E-state index contributed by atoms with van der Waals surface area (Å²) in [6.45, 7) is 5.94. The summed E-state index contributed by atoms with van der Waals surface area (Å²) in [4.78, 5) is 25.1. The van der Waals surface area contributed by atoms with Gasteiger partial charge in [0.1, 0.15) is 11.5 Å². The van der Waals surface area contributed by atoms with Crippen LogP contribution < -0.4 is 14.8 Å². The van der Waals surface area contributed by atoms with Crippen LogP contribution >= 0.6 is 0 Å². The second-order valence-electron chi connectivity index (χ2n) is 8.05. The maximum absolute atomic E-state index is 12.7. The summed E-state index contributed by atoms with van der Waals surface area (Å²) in [5.41, 5.74) is 1.36. The monoisotopic (exact) mass is 455 g/mol. The first kappa shape index (κ1) is 24.6. The highest BCUT2D eigenvalue weighted by Gasteiger charge is 2.44. The molecule has 7 heteroatoms. The normalized spacial score (nSPS) is 17.4. The summed E-state index contributed by atoms with van der Waals surface area (Å²) >= 11 is 0. The molecule has 0 aromatic heterocycles. The average Bonchev–Trinajstić information content (AvgIpc) is 3.32. The van der Waals surface area contributed by atoms with E-state index < -0.39 is 5.60 Å². The van der Waals surface area contributed by atoms with Gasteiger partial charge in [-0.15, -0.1) is 0 Å². The lowest BCUT2D eigenvalue weighted by molar-refractivity contribution is -0.163. The van der Waals surface area contributed by atoms with Gasteiger partial charge in [0.25, 0.3) is 5.91 Å². The average molecular weight is 456 g/mol. The third kappa shape index (κ3) is 6.26. The van der Waals surface area contributed by atoms with Gasteiger partial charge in [0.2, 0.25) is 0 Å².